The van der Waals surface area contributed by atoms with E-state index in [2.05, 4.69) is 26.6 Å². The van der Waals surface area contributed by atoms with Gasteiger partial charge >= 0.3 is 12.0 Å². The Morgan fingerprint density at radius 1 is 1.33 bits per heavy atom. The number of phenolic OH excluding ortho intramolecular Hbond substituents is 1. The molecule has 2 amide bonds. The minimum atomic E-state index is -0.714. The Labute approximate surface area is 148 Å². The fourth-order valence-electron chi connectivity index (χ4n) is 2.45. The standard InChI is InChI=1S/C16H19BrN2O5/c1-4-23-11-7-9(6-10(17)14(11)20)13-12(15(21)24-5-2)8(3)18-16(22)19-13/h6-7,13,20H,4-5H2,1-3H3,(H2,18,19,22)/t13-/m1/s1. The van der Waals surface area contributed by atoms with Crippen LogP contribution in [0.2, 0.25) is 0 Å². The predicted octanol–water partition coefficient (Wildman–Crippen LogP) is 2.74. The van der Waals surface area contributed by atoms with Gasteiger partial charge in [-0.25, -0.2) is 9.59 Å². The summed E-state index contributed by atoms with van der Waals surface area (Å²) in [4.78, 5) is 24.1. The SMILES string of the molecule is CCOC(=O)C1=C(C)NC(=O)N[C@@H]1c1cc(Br)c(O)c(OCC)c1. The van der Waals surface area contributed by atoms with Gasteiger partial charge in [0.2, 0.25) is 0 Å². The number of aromatic hydroxyl groups is 1. The van der Waals surface area contributed by atoms with E-state index in [0.29, 0.717) is 27.9 Å². The van der Waals surface area contributed by atoms with Gasteiger partial charge in [-0.3, -0.25) is 0 Å². The van der Waals surface area contributed by atoms with E-state index in [1.165, 1.54) is 0 Å². The van der Waals surface area contributed by atoms with Gasteiger partial charge in [-0.05, 0) is 54.4 Å². The zero-order valence-corrected chi connectivity index (χ0v) is 15.2. The highest BCUT2D eigenvalue weighted by atomic mass is 79.9. The third-order valence-corrected chi connectivity index (χ3v) is 4.05. The first-order valence-corrected chi connectivity index (χ1v) is 8.28. The minimum absolute atomic E-state index is 0.0424. The topological polar surface area (TPSA) is 96.9 Å². The number of benzene rings is 1. The summed E-state index contributed by atoms with van der Waals surface area (Å²) in [6, 6.07) is 2.08. The molecule has 1 aliphatic heterocycles. The molecule has 1 aromatic rings. The van der Waals surface area contributed by atoms with E-state index >= 15 is 0 Å². The summed E-state index contributed by atoms with van der Waals surface area (Å²) in [5.74, 6) is -0.301. The molecule has 0 fully saturated rings. The third kappa shape index (κ3) is 3.64. The van der Waals surface area contributed by atoms with Gasteiger partial charge in [0.25, 0.3) is 0 Å². The molecular formula is C16H19BrN2O5. The molecule has 130 valence electrons. The molecule has 8 heteroatoms. The Hall–Kier alpha value is -2.22. The van der Waals surface area contributed by atoms with Crippen molar-refractivity contribution < 1.29 is 24.2 Å². The van der Waals surface area contributed by atoms with Crippen molar-refractivity contribution in [2.24, 2.45) is 0 Å². The van der Waals surface area contributed by atoms with Crippen molar-refractivity contribution in [1.82, 2.24) is 10.6 Å². The van der Waals surface area contributed by atoms with E-state index < -0.39 is 18.0 Å². The summed E-state index contributed by atoms with van der Waals surface area (Å²) in [5.41, 5.74) is 1.31. The summed E-state index contributed by atoms with van der Waals surface area (Å²) in [6.07, 6.45) is 0. The maximum Gasteiger partial charge on any atom is 0.338 e. The number of amides is 2. The van der Waals surface area contributed by atoms with Gasteiger partial charge in [-0.1, -0.05) is 0 Å². The summed E-state index contributed by atoms with van der Waals surface area (Å²) in [6.45, 7) is 5.72. The van der Waals surface area contributed by atoms with Gasteiger partial charge in [0.05, 0.1) is 29.3 Å². The molecule has 24 heavy (non-hydrogen) atoms. The normalized spacial score (nSPS) is 17.2. The van der Waals surface area contributed by atoms with E-state index in [1.54, 1.807) is 32.9 Å². The molecule has 0 saturated carbocycles. The molecule has 7 nitrogen and oxygen atoms in total. The molecule has 0 bridgehead atoms. The highest BCUT2D eigenvalue weighted by molar-refractivity contribution is 9.10. The van der Waals surface area contributed by atoms with Crippen LogP contribution < -0.4 is 15.4 Å². The van der Waals surface area contributed by atoms with E-state index in [1.807, 2.05) is 0 Å². The molecule has 1 aliphatic rings. The molecule has 1 atom stereocenters. The fraction of sp³-hybridized carbons (Fsp3) is 0.375. The molecule has 1 heterocycles. The summed E-state index contributed by atoms with van der Waals surface area (Å²) < 4.78 is 10.9. The number of hydrogen-bond acceptors (Lipinski definition) is 5. The summed E-state index contributed by atoms with van der Waals surface area (Å²) >= 11 is 3.26. The lowest BCUT2D eigenvalue weighted by Gasteiger charge is -2.28. The quantitative estimate of drug-likeness (QED) is 0.662. The smallest absolute Gasteiger partial charge is 0.338 e. The Balaban J connectivity index is 2.53. The fourth-order valence-corrected chi connectivity index (χ4v) is 2.91. The van der Waals surface area contributed by atoms with Crippen LogP contribution >= 0.6 is 15.9 Å². The first-order valence-electron chi connectivity index (χ1n) is 7.49. The van der Waals surface area contributed by atoms with Gasteiger partial charge in [0.1, 0.15) is 0 Å². The van der Waals surface area contributed by atoms with Crippen LogP contribution in [0, 0.1) is 0 Å². The van der Waals surface area contributed by atoms with Crippen LogP contribution in [-0.2, 0) is 9.53 Å². The lowest BCUT2D eigenvalue weighted by Crippen LogP contribution is -2.45. The number of esters is 1. The van der Waals surface area contributed by atoms with Gasteiger partial charge < -0.3 is 25.2 Å². The summed E-state index contributed by atoms with van der Waals surface area (Å²) in [7, 11) is 0. The molecule has 0 radical (unpaired) electrons. The zero-order chi connectivity index (χ0) is 17.9. The number of carbonyl (C=O) groups excluding carboxylic acids is 2. The number of phenols is 1. The summed E-state index contributed by atoms with van der Waals surface area (Å²) in [5, 5.41) is 15.3. The molecule has 0 aromatic heterocycles. The number of rotatable bonds is 5. The van der Waals surface area contributed by atoms with Gasteiger partial charge in [0, 0.05) is 5.70 Å². The van der Waals surface area contributed by atoms with Crippen molar-refractivity contribution in [3.63, 3.8) is 0 Å². The monoisotopic (exact) mass is 398 g/mol. The first kappa shape index (κ1) is 18.1. The van der Waals surface area contributed by atoms with Crippen molar-refractivity contribution in [2.75, 3.05) is 13.2 Å². The molecule has 2 rings (SSSR count). The second-order valence-corrected chi connectivity index (χ2v) is 5.93. The number of halogens is 1. The molecule has 3 N–H and O–H groups in total. The van der Waals surface area contributed by atoms with Crippen LogP contribution in [0.15, 0.2) is 27.9 Å². The molecule has 1 aromatic carbocycles. The Morgan fingerprint density at radius 2 is 2.04 bits per heavy atom. The second kappa shape index (κ2) is 7.57. The number of allylic oxidation sites excluding steroid dienone is 1. The Morgan fingerprint density at radius 3 is 2.67 bits per heavy atom. The van der Waals surface area contributed by atoms with Gasteiger partial charge in [-0.2, -0.15) is 0 Å². The van der Waals surface area contributed by atoms with Crippen LogP contribution in [-0.4, -0.2) is 30.3 Å². The minimum Gasteiger partial charge on any atom is -0.503 e. The number of carbonyl (C=O) groups is 2. The van der Waals surface area contributed by atoms with Crippen molar-refractivity contribution in [3.8, 4) is 11.5 Å². The number of hydrogen-bond donors (Lipinski definition) is 3. The van der Waals surface area contributed by atoms with Crippen LogP contribution in [0.3, 0.4) is 0 Å². The lowest BCUT2D eigenvalue weighted by atomic mass is 9.95. The van der Waals surface area contributed by atoms with Crippen molar-refractivity contribution in [1.29, 1.82) is 0 Å². The van der Waals surface area contributed by atoms with E-state index in [4.69, 9.17) is 9.47 Å². The highest BCUT2D eigenvalue weighted by Crippen LogP contribution is 2.39. The molecule has 0 saturated heterocycles. The largest absolute Gasteiger partial charge is 0.503 e. The molecule has 0 spiro atoms. The first-order chi connectivity index (χ1) is 11.4. The second-order valence-electron chi connectivity index (χ2n) is 5.07. The zero-order valence-electron chi connectivity index (χ0n) is 13.6. The molecular weight excluding hydrogens is 380 g/mol. The number of urea groups is 1. The Kier molecular flexibility index (Phi) is 5.71. The van der Waals surface area contributed by atoms with Crippen molar-refractivity contribution in [2.45, 2.75) is 26.8 Å². The highest BCUT2D eigenvalue weighted by Gasteiger charge is 2.33. The maximum absolute atomic E-state index is 12.3. The maximum atomic E-state index is 12.3. The third-order valence-electron chi connectivity index (χ3n) is 3.45. The van der Waals surface area contributed by atoms with Crippen LogP contribution in [0.5, 0.6) is 11.5 Å². The predicted molar refractivity (Wildman–Crippen MR) is 90.7 cm³/mol. The average molecular weight is 399 g/mol. The van der Waals surface area contributed by atoms with Crippen LogP contribution in [0.25, 0.3) is 0 Å². The van der Waals surface area contributed by atoms with Gasteiger partial charge in [-0.15, -0.1) is 0 Å². The lowest BCUT2D eigenvalue weighted by molar-refractivity contribution is -0.139. The van der Waals surface area contributed by atoms with E-state index in [-0.39, 0.29) is 18.1 Å². The molecule has 0 aliphatic carbocycles. The average Bonchev–Trinajstić information content (AvgIpc) is 2.51. The van der Waals surface area contributed by atoms with E-state index in [0.717, 1.165) is 0 Å². The van der Waals surface area contributed by atoms with Crippen LogP contribution in [0.1, 0.15) is 32.4 Å². The number of nitrogens with one attached hydrogen (secondary N) is 2. The Bertz CT molecular complexity index is 702. The van der Waals surface area contributed by atoms with Crippen LogP contribution in [0.4, 0.5) is 4.79 Å². The van der Waals surface area contributed by atoms with E-state index in [9.17, 15) is 14.7 Å². The number of ether oxygens (including phenoxy) is 2. The van der Waals surface area contributed by atoms with Gasteiger partial charge in [0.15, 0.2) is 11.5 Å². The van der Waals surface area contributed by atoms with Crippen molar-refractivity contribution in [3.05, 3.63) is 33.4 Å². The molecule has 0 unspecified atom stereocenters. The van der Waals surface area contributed by atoms with Crippen molar-refractivity contribution >= 4 is 27.9 Å².